The zero-order valence-corrected chi connectivity index (χ0v) is 14.7. The highest BCUT2D eigenvalue weighted by molar-refractivity contribution is 6.02. The van der Waals surface area contributed by atoms with Crippen LogP contribution in [0.4, 0.5) is 0 Å². The molecule has 0 aliphatic rings. The van der Waals surface area contributed by atoms with Crippen LogP contribution < -0.4 is 0 Å². The number of rotatable bonds is 9. The van der Waals surface area contributed by atoms with Crippen LogP contribution >= 0.6 is 0 Å². The minimum atomic E-state index is -0.847. The van der Waals surface area contributed by atoms with Crippen LogP contribution in [0, 0.1) is 0 Å². The van der Waals surface area contributed by atoms with Gasteiger partial charge in [0.15, 0.2) is 0 Å². The smallest absolute Gasteiger partial charge is 0.373 e. The quantitative estimate of drug-likeness (QED) is 0.322. The average Bonchev–Trinajstić information content (AvgIpc) is 2.51. The summed E-state index contributed by atoms with van der Waals surface area (Å²) in [6.45, 7) is 7.30. The van der Waals surface area contributed by atoms with Crippen molar-refractivity contribution in [2.24, 2.45) is 0 Å². The van der Waals surface area contributed by atoms with E-state index < -0.39 is 23.6 Å². The third-order valence-corrected chi connectivity index (χ3v) is 3.23. The molecule has 0 heterocycles. The fourth-order valence-electron chi connectivity index (χ4n) is 2.17. The van der Waals surface area contributed by atoms with Gasteiger partial charge in [0.1, 0.15) is 5.60 Å². The minimum Gasteiger partial charge on any atom is -0.462 e. The molecule has 0 spiro atoms. The van der Waals surface area contributed by atoms with E-state index >= 15 is 0 Å². The van der Waals surface area contributed by atoms with E-state index in [0.29, 0.717) is 13.0 Å². The van der Waals surface area contributed by atoms with Crippen molar-refractivity contribution in [3.8, 4) is 0 Å². The van der Waals surface area contributed by atoms with E-state index in [0.717, 1.165) is 12.8 Å². The number of aliphatic hydroxyl groups excluding tert-OH is 1. The topological polar surface area (TPSA) is 82.1 Å². The molecule has 134 valence electrons. The second-order valence-electron chi connectivity index (χ2n) is 6.30. The van der Waals surface area contributed by atoms with Crippen molar-refractivity contribution in [2.45, 2.75) is 58.7 Å². The van der Waals surface area contributed by atoms with E-state index in [-0.39, 0.29) is 11.1 Å². The standard InChI is InChI=1S/C18H26O6/c1-5-6-11-22-16(20)14-9-7-8-10-15(14)17(21)23-24-18(3,4)12-13(2)19/h7-10,13,19H,5-6,11-12H2,1-4H3. The summed E-state index contributed by atoms with van der Waals surface area (Å²) >= 11 is 0. The summed E-state index contributed by atoms with van der Waals surface area (Å²) in [6.07, 6.45) is 1.36. The molecular weight excluding hydrogens is 312 g/mol. The van der Waals surface area contributed by atoms with Gasteiger partial charge in [0.2, 0.25) is 0 Å². The van der Waals surface area contributed by atoms with E-state index in [4.69, 9.17) is 14.5 Å². The maximum atomic E-state index is 12.2. The Morgan fingerprint density at radius 1 is 1.17 bits per heavy atom. The van der Waals surface area contributed by atoms with Gasteiger partial charge in [0.25, 0.3) is 0 Å². The summed E-state index contributed by atoms with van der Waals surface area (Å²) in [6, 6.07) is 6.25. The molecule has 0 aromatic heterocycles. The molecule has 0 aliphatic heterocycles. The van der Waals surface area contributed by atoms with Gasteiger partial charge in [-0.3, -0.25) is 4.89 Å². The maximum absolute atomic E-state index is 12.2. The van der Waals surface area contributed by atoms with Gasteiger partial charge >= 0.3 is 11.9 Å². The predicted octanol–water partition coefficient (Wildman–Crippen LogP) is 3.28. The number of hydrogen-bond acceptors (Lipinski definition) is 6. The summed E-state index contributed by atoms with van der Waals surface area (Å²) in [7, 11) is 0. The number of benzene rings is 1. The van der Waals surface area contributed by atoms with Crippen LogP contribution in [0.1, 0.15) is 67.7 Å². The van der Waals surface area contributed by atoms with Gasteiger partial charge < -0.3 is 9.84 Å². The number of ether oxygens (including phenoxy) is 1. The highest BCUT2D eigenvalue weighted by Gasteiger charge is 2.26. The van der Waals surface area contributed by atoms with E-state index in [1.165, 1.54) is 12.1 Å². The van der Waals surface area contributed by atoms with Gasteiger partial charge in [-0.25, -0.2) is 9.59 Å². The fourth-order valence-corrected chi connectivity index (χ4v) is 2.17. The Morgan fingerprint density at radius 3 is 2.29 bits per heavy atom. The van der Waals surface area contributed by atoms with Crippen molar-refractivity contribution < 1.29 is 29.2 Å². The molecule has 0 amide bonds. The van der Waals surface area contributed by atoms with E-state index in [1.807, 2.05) is 6.92 Å². The highest BCUT2D eigenvalue weighted by Crippen LogP contribution is 2.19. The number of unbranched alkanes of at least 4 members (excludes halogenated alkanes) is 1. The molecule has 0 bridgehead atoms. The number of aliphatic hydroxyl groups is 1. The van der Waals surface area contributed by atoms with E-state index in [1.54, 1.807) is 32.9 Å². The van der Waals surface area contributed by atoms with Crippen molar-refractivity contribution in [3.63, 3.8) is 0 Å². The van der Waals surface area contributed by atoms with Crippen molar-refractivity contribution in [1.82, 2.24) is 0 Å². The zero-order valence-electron chi connectivity index (χ0n) is 14.7. The molecule has 1 N–H and O–H groups in total. The van der Waals surface area contributed by atoms with Crippen LogP contribution in [0.2, 0.25) is 0 Å². The van der Waals surface area contributed by atoms with Crippen molar-refractivity contribution in [1.29, 1.82) is 0 Å². The Kier molecular flexibility index (Phi) is 7.88. The highest BCUT2D eigenvalue weighted by atomic mass is 17.2. The van der Waals surface area contributed by atoms with Crippen LogP contribution in [-0.4, -0.2) is 35.4 Å². The van der Waals surface area contributed by atoms with Gasteiger partial charge in [-0.2, -0.15) is 4.89 Å². The van der Waals surface area contributed by atoms with Gasteiger partial charge in [0.05, 0.1) is 23.8 Å². The number of carbonyl (C=O) groups is 2. The molecule has 6 heteroatoms. The first-order valence-corrected chi connectivity index (χ1v) is 8.11. The summed E-state index contributed by atoms with van der Waals surface area (Å²) in [5, 5.41) is 9.41. The molecule has 0 saturated carbocycles. The Labute approximate surface area is 142 Å². The van der Waals surface area contributed by atoms with Crippen molar-refractivity contribution in [2.75, 3.05) is 6.61 Å². The number of esters is 1. The number of carbonyl (C=O) groups excluding carboxylic acids is 2. The Hall–Kier alpha value is -1.92. The third kappa shape index (κ3) is 6.68. The summed E-state index contributed by atoms with van der Waals surface area (Å²) in [5.41, 5.74) is -0.636. The van der Waals surface area contributed by atoms with Crippen LogP contribution in [-0.2, 0) is 14.5 Å². The largest absolute Gasteiger partial charge is 0.462 e. The maximum Gasteiger partial charge on any atom is 0.373 e. The van der Waals surface area contributed by atoms with Gasteiger partial charge in [-0.15, -0.1) is 0 Å². The van der Waals surface area contributed by atoms with Gasteiger partial charge in [0, 0.05) is 6.42 Å². The minimum absolute atomic E-state index is 0.0758. The molecule has 0 aliphatic carbocycles. The predicted molar refractivity (Wildman–Crippen MR) is 88.5 cm³/mol. The van der Waals surface area contributed by atoms with Gasteiger partial charge in [-0.1, -0.05) is 25.5 Å². The summed E-state index contributed by atoms with van der Waals surface area (Å²) < 4.78 is 5.14. The van der Waals surface area contributed by atoms with E-state index in [2.05, 4.69) is 0 Å². The first-order valence-electron chi connectivity index (χ1n) is 8.11. The lowest BCUT2D eigenvalue weighted by molar-refractivity contribution is -0.311. The van der Waals surface area contributed by atoms with Crippen LogP contribution in [0.25, 0.3) is 0 Å². The van der Waals surface area contributed by atoms with Crippen LogP contribution in [0.3, 0.4) is 0 Å². The first-order chi connectivity index (χ1) is 11.3. The third-order valence-electron chi connectivity index (χ3n) is 3.23. The monoisotopic (exact) mass is 338 g/mol. The molecule has 0 radical (unpaired) electrons. The molecule has 1 aromatic carbocycles. The Morgan fingerprint density at radius 2 is 1.75 bits per heavy atom. The molecule has 0 fully saturated rings. The molecule has 1 unspecified atom stereocenters. The molecule has 0 saturated heterocycles. The van der Waals surface area contributed by atoms with Crippen molar-refractivity contribution in [3.05, 3.63) is 35.4 Å². The van der Waals surface area contributed by atoms with Gasteiger partial charge in [-0.05, 0) is 39.3 Å². The van der Waals surface area contributed by atoms with E-state index in [9.17, 15) is 14.7 Å². The Bertz CT molecular complexity index is 550. The summed E-state index contributed by atoms with van der Waals surface area (Å²) in [5.74, 6) is -1.35. The van der Waals surface area contributed by atoms with Crippen LogP contribution in [0.15, 0.2) is 24.3 Å². The second kappa shape index (κ2) is 9.39. The molecule has 1 atom stereocenters. The lowest BCUT2D eigenvalue weighted by Gasteiger charge is -2.24. The normalized spacial score (nSPS) is 12.5. The molecular formula is C18H26O6. The van der Waals surface area contributed by atoms with Crippen molar-refractivity contribution >= 4 is 11.9 Å². The SMILES string of the molecule is CCCCOC(=O)c1ccccc1C(=O)OOC(C)(C)CC(C)O. The number of hydrogen-bond donors (Lipinski definition) is 1. The lowest BCUT2D eigenvalue weighted by atomic mass is 10.0. The lowest BCUT2D eigenvalue weighted by Crippen LogP contribution is -2.30. The average molecular weight is 338 g/mol. The molecule has 1 aromatic rings. The summed E-state index contributed by atoms with van der Waals surface area (Å²) in [4.78, 5) is 34.3. The van der Waals surface area contributed by atoms with Crippen LogP contribution in [0.5, 0.6) is 0 Å². The molecule has 1 rings (SSSR count). The first kappa shape index (κ1) is 20.1. The Balaban J connectivity index is 2.75. The second-order valence-corrected chi connectivity index (χ2v) is 6.30. The molecule has 6 nitrogen and oxygen atoms in total. The fraction of sp³-hybridized carbons (Fsp3) is 0.556. The zero-order chi connectivity index (χ0) is 18.2. The molecule has 24 heavy (non-hydrogen) atoms.